The molecule has 2 amide bonds. The Morgan fingerprint density at radius 2 is 1.66 bits per heavy atom. The van der Waals surface area contributed by atoms with Gasteiger partial charge in [-0.3, -0.25) is 0 Å². The number of benzene rings is 3. The monoisotopic (exact) mass is 515 g/mol. The molecule has 2 aliphatic rings. The van der Waals surface area contributed by atoms with Gasteiger partial charge < -0.3 is 30.1 Å². The molecule has 0 aliphatic carbocycles. The minimum absolute atomic E-state index is 0.0217. The number of urea groups is 1. The molecule has 0 spiro atoms. The maximum atomic E-state index is 12.5. The summed E-state index contributed by atoms with van der Waals surface area (Å²) in [5, 5.41) is 15.3. The Labute approximate surface area is 224 Å². The van der Waals surface area contributed by atoms with Gasteiger partial charge in [-0.25, -0.2) is 4.79 Å². The highest BCUT2D eigenvalue weighted by Crippen LogP contribution is 2.38. The van der Waals surface area contributed by atoms with Gasteiger partial charge in [0.15, 0.2) is 6.29 Å². The van der Waals surface area contributed by atoms with Crippen molar-refractivity contribution in [2.75, 3.05) is 25.0 Å². The maximum Gasteiger partial charge on any atom is 0.319 e. The number of hydrogen-bond donors (Lipinski definition) is 3. The number of amides is 2. The second-order valence-electron chi connectivity index (χ2n) is 10.1. The first kappa shape index (κ1) is 26.4. The molecule has 2 heterocycles. The predicted octanol–water partition coefficient (Wildman–Crippen LogP) is 5.53. The number of nitrogens with one attached hydrogen (secondary N) is 2. The van der Waals surface area contributed by atoms with Gasteiger partial charge in [-0.05, 0) is 54.8 Å². The summed E-state index contributed by atoms with van der Waals surface area (Å²) in [5.74, 6) is 0. The normalized spacial score (nSPS) is 22.1. The van der Waals surface area contributed by atoms with Crippen LogP contribution in [-0.4, -0.2) is 41.8 Å². The van der Waals surface area contributed by atoms with Crippen molar-refractivity contribution in [3.8, 4) is 0 Å². The van der Waals surface area contributed by atoms with Crippen LogP contribution in [0.2, 0.25) is 0 Å². The van der Waals surface area contributed by atoms with E-state index >= 15 is 0 Å². The largest absolute Gasteiger partial charge is 0.392 e. The third-order valence-electron chi connectivity index (χ3n) is 7.24. The number of likely N-dealkylation sites (tertiary alicyclic amines) is 1. The molecule has 0 saturated carbocycles. The van der Waals surface area contributed by atoms with Crippen LogP contribution in [0, 0.1) is 0 Å². The number of ether oxygens (including phenoxy) is 2. The van der Waals surface area contributed by atoms with Crippen LogP contribution in [0.4, 0.5) is 10.5 Å². The van der Waals surface area contributed by atoms with Gasteiger partial charge in [0, 0.05) is 30.8 Å². The number of hydrogen-bond acceptors (Lipinski definition) is 5. The van der Waals surface area contributed by atoms with E-state index in [1.807, 2.05) is 78.9 Å². The lowest BCUT2D eigenvalue weighted by Gasteiger charge is -2.39. The van der Waals surface area contributed by atoms with Gasteiger partial charge in [0.1, 0.15) is 0 Å². The maximum absolute atomic E-state index is 12.5. The van der Waals surface area contributed by atoms with Crippen LogP contribution in [0.25, 0.3) is 0 Å². The van der Waals surface area contributed by atoms with Crippen LogP contribution in [0.5, 0.6) is 0 Å². The average Bonchev–Trinajstić information content (AvgIpc) is 2.97. The molecule has 0 aromatic heterocycles. The molecule has 0 radical (unpaired) electrons. The quantitative estimate of drug-likeness (QED) is 0.367. The fourth-order valence-electron chi connectivity index (χ4n) is 5.18. The fraction of sp³-hybridized carbons (Fsp3) is 0.387. The van der Waals surface area contributed by atoms with Crippen molar-refractivity contribution >= 4 is 11.7 Å². The lowest BCUT2D eigenvalue weighted by atomic mass is 9.99. The molecule has 7 nitrogen and oxygen atoms in total. The van der Waals surface area contributed by atoms with Crippen molar-refractivity contribution in [1.29, 1.82) is 0 Å². The van der Waals surface area contributed by atoms with Crippen molar-refractivity contribution < 1.29 is 19.4 Å². The summed E-state index contributed by atoms with van der Waals surface area (Å²) in [5.41, 5.74) is 4.55. The molecule has 3 N–H and O–H groups in total. The third kappa shape index (κ3) is 7.20. The number of anilines is 1. The lowest BCUT2D eigenvalue weighted by molar-refractivity contribution is -0.253. The summed E-state index contributed by atoms with van der Waals surface area (Å²) < 4.78 is 13.0. The summed E-state index contributed by atoms with van der Waals surface area (Å²) in [6.45, 7) is 3.58. The van der Waals surface area contributed by atoms with Gasteiger partial charge in [-0.1, -0.05) is 73.2 Å². The van der Waals surface area contributed by atoms with Gasteiger partial charge >= 0.3 is 6.03 Å². The Morgan fingerprint density at radius 1 is 0.868 bits per heavy atom. The summed E-state index contributed by atoms with van der Waals surface area (Å²) in [7, 11) is 0. The average molecular weight is 516 g/mol. The van der Waals surface area contributed by atoms with E-state index in [1.54, 1.807) is 0 Å². The van der Waals surface area contributed by atoms with E-state index in [-0.39, 0.29) is 24.8 Å². The first-order valence-electron chi connectivity index (χ1n) is 13.6. The number of aliphatic hydroxyl groups excluding tert-OH is 1. The number of carbonyl (C=O) groups is 1. The third-order valence-corrected chi connectivity index (χ3v) is 7.24. The van der Waals surface area contributed by atoms with Crippen LogP contribution in [0.15, 0.2) is 78.9 Å². The number of rotatable bonds is 8. The van der Waals surface area contributed by atoms with Crippen LogP contribution >= 0.6 is 0 Å². The van der Waals surface area contributed by atoms with Crippen molar-refractivity contribution in [3.05, 3.63) is 101 Å². The topological polar surface area (TPSA) is 83.1 Å². The van der Waals surface area contributed by atoms with E-state index in [0.29, 0.717) is 12.2 Å². The smallest absolute Gasteiger partial charge is 0.319 e. The summed E-state index contributed by atoms with van der Waals surface area (Å²) in [6.07, 6.45) is 3.90. The second kappa shape index (κ2) is 13.0. The van der Waals surface area contributed by atoms with Crippen LogP contribution < -0.4 is 10.6 Å². The molecular formula is C31H37N3O4. The zero-order valence-electron chi connectivity index (χ0n) is 21.7. The van der Waals surface area contributed by atoms with E-state index in [4.69, 9.17) is 9.47 Å². The van der Waals surface area contributed by atoms with Crippen molar-refractivity contribution in [1.82, 2.24) is 10.2 Å². The Morgan fingerprint density at radius 3 is 2.42 bits per heavy atom. The van der Waals surface area contributed by atoms with Gasteiger partial charge in [0.25, 0.3) is 0 Å². The molecule has 0 bridgehead atoms. The molecule has 2 fully saturated rings. The van der Waals surface area contributed by atoms with Crippen molar-refractivity contribution in [3.63, 3.8) is 0 Å². The standard InChI is InChI=1S/C31H37N3O4/c35-22-24-12-14-25(15-13-24)29-19-28(21-34-16-5-2-6-17-34)37-30(38-29)26-10-7-11-27(18-26)33-31(36)32-20-23-8-3-1-4-9-23/h1,3-4,7-15,18,28-30,35H,2,5-6,16-17,19-22H2,(H2,32,33,36). The zero-order chi connectivity index (χ0) is 26.2. The molecule has 7 heteroatoms. The van der Waals surface area contributed by atoms with Crippen molar-refractivity contribution in [2.45, 2.75) is 57.3 Å². The van der Waals surface area contributed by atoms with E-state index < -0.39 is 6.29 Å². The predicted molar refractivity (Wildman–Crippen MR) is 147 cm³/mol. The molecule has 3 aromatic rings. The molecule has 2 saturated heterocycles. The highest BCUT2D eigenvalue weighted by molar-refractivity contribution is 5.89. The Hall–Kier alpha value is -3.23. The molecular weight excluding hydrogens is 478 g/mol. The molecule has 5 rings (SSSR count). The van der Waals surface area contributed by atoms with E-state index in [0.717, 1.165) is 48.3 Å². The Balaban J connectivity index is 1.28. The number of piperidine rings is 1. The zero-order valence-corrected chi connectivity index (χ0v) is 21.7. The first-order valence-corrected chi connectivity index (χ1v) is 13.6. The fourth-order valence-corrected chi connectivity index (χ4v) is 5.18. The second-order valence-corrected chi connectivity index (χ2v) is 10.1. The van der Waals surface area contributed by atoms with Crippen LogP contribution in [0.3, 0.4) is 0 Å². The van der Waals surface area contributed by atoms with Crippen molar-refractivity contribution in [2.24, 2.45) is 0 Å². The number of nitrogens with zero attached hydrogens (tertiary/aromatic N) is 1. The van der Waals surface area contributed by atoms with Gasteiger partial charge in [-0.15, -0.1) is 0 Å². The number of carbonyl (C=O) groups excluding carboxylic acids is 1. The van der Waals surface area contributed by atoms with E-state index in [1.165, 1.54) is 19.3 Å². The molecule has 2 aliphatic heterocycles. The minimum Gasteiger partial charge on any atom is -0.392 e. The minimum atomic E-state index is -0.546. The van der Waals surface area contributed by atoms with Crippen LogP contribution in [0.1, 0.15) is 60.3 Å². The highest BCUT2D eigenvalue weighted by Gasteiger charge is 2.33. The summed E-state index contributed by atoms with van der Waals surface area (Å²) in [4.78, 5) is 15.0. The van der Waals surface area contributed by atoms with Crippen LogP contribution in [-0.2, 0) is 22.6 Å². The lowest BCUT2D eigenvalue weighted by Crippen LogP contribution is -2.41. The Kier molecular flexibility index (Phi) is 9.04. The molecule has 38 heavy (non-hydrogen) atoms. The molecule has 3 atom stereocenters. The van der Waals surface area contributed by atoms with E-state index in [2.05, 4.69) is 15.5 Å². The Bertz CT molecular complexity index is 1170. The SMILES string of the molecule is O=C(NCc1ccccc1)Nc1cccc(C2OC(CN3CCCCC3)CC(c3ccc(CO)cc3)O2)c1. The molecule has 200 valence electrons. The molecule has 3 aromatic carbocycles. The van der Waals surface area contributed by atoms with Gasteiger partial charge in [-0.2, -0.15) is 0 Å². The van der Waals surface area contributed by atoms with Gasteiger partial charge in [0.05, 0.1) is 18.8 Å². The summed E-state index contributed by atoms with van der Waals surface area (Å²) in [6, 6.07) is 25.2. The molecule has 3 unspecified atom stereocenters. The van der Waals surface area contributed by atoms with E-state index in [9.17, 15) is 9.90 Å². The highest BCUT2D eigenvalue weighted by atomic mass is 16.7. The first-order chi connectivity index (χ1) is 18.7. The van der Waals surface area contributed by atoms with Gasteiger partial charge in [0.2, 0.25) is 0 Å². The number of aliphatic hydroxyl groups is 1. The summed E-state index contributed by atoms with van der Waals surface area (Å²) >= 11 is 0.